The molecule has 0 saturated heterocycles. The van der Waals surface area contributed by atoms with Crippen LogP contribution in [0.5, 0.6) is 11.6 Å². The number of ether oxygens (including phenoxy) is 1. The topological polar surface area (TPSA) is 100 Å². The molecule has 0 fully saturated rings. The normalized spacial score (nSPS) is 11.0. The minimum atomic E-state index is -0.604. The Bertz CT molecular complexity index is 1340. The maximum Gasteiger partial charge on any atom is 0.341 e. The molecule has 2 N–H and O–H groups in total. The summed E-state index contributed by atoms with van der Waals surface area (Å²) in [6.45, 7) is 1.80. The van der Waals surface area contributed by atoms with Crippen molar-refractivity contribution in [2.24, 2.45) is 0 Å². The second-order valence-electron chi connectivity index (χ2n) is 6.44. The van der Waals surface area contributed by atoms with Crippen molar-refractivity contribution in [1.82, 2.24) is 9.55 Å². The number of hydrogen-bond acceptors (Lipinski definition) is 6. The van der Waals surface area contributed by atoms with E-state index in [1.54, 1.807) is 31.3 Å². The van der Waals surface area contributed by atoms with Gasteiger partial charge in [0.2, 0.25) is 0 Å². The van der Waals surface area contributed by atoms with Crippen LogP contribution in [-0.2, 0) is 6.54 Å². The molecule has 0 unspecified atom stereocenters. The number of benzene rings is 1. The number of nitrogens with two attached hydrogens (primary N) is 1. The van der Waals surface area contributed by atoms with Gasteiger partial charge in [-0.3, -0.25) is 4.79 Å². The van der Waals surface area contributed by atoms with Crippen molar-refractivity contribution in [1.29, 1.82) is 0 Å². The monoisotopic (exact) mass is 393 g/mol. The zero-order valence-electron chi connectivity index (χ0n) is 15.4. The number of anilines is 1. The third-order valence-corrected chi connectivity index (χ3v) is 4.58. The van der Waals surface area contributed by atoms with Gasteiger partial charge < -0.3 is 19.5 Å². The number of pyridine rings is 2. The zero-order valence-corrected chi connectivity index (χ0v) is 15.4. The predicted molar refractivity (Wildman–Crippen MR) is 106 cm³/mol. The zero-order chi connectivity index (χ0) is 20.5. The molecule has 3 heterocycles. The molecule has 4 rings (SSSR count). The Labute approximate surface area is 163 Å². The van der Waals surface area contributed by atoms with Crippen molar-refractivity contribution >= 4 is 16.7 Å². The molecule has 0 spiro atoms. The lowest BCUT2D eigenvalue weighted by atomic mass is 10.1. The first-order valence-corrected chi connectivity index (χ1v) is 8.73. The van der Waals surface area contributed by atoms with Crippen molar-refractivity contribution in [2.75, 3.05) is 5.73 Å². The molecule has 146 valence electrons. The average molecular weight is 393 g/mol. The summed E-state index contributed by atoms with van der Waals surface area (Å²) >= 11 is 0. The van der Waals surface area contributed by atoms with Crippen molar-refractivity contribution in [2.45, 2.75) is 13.5 Å². The van der Waals surface area contributed by atoms with E-state index in [0.717, 1.165) is 0 Å². The molecule has 0 aliphatic carbocycles. The Morgan fingerprint density at radius 3 is 2.83 bits per heavy atom. The molecular weight excluding hydrogens is 377 g/mol. The second-order valence-corrected chi connectivity index (χ2v) is 6.44. The SMILES string of the molecule is Cc1c(Cn2cccc(N)c2=O)c(=O)oc2cc(Oc3ncccc3F)ccc12. The van der Waals surface area contributed by atoms with Gasteiger partial charge in [-0.25, -0.2) is 14.2 Å². The summed E-state index contributed by atoms with van der Waals surface area (Å²) in [5.41, 5.74) is 6.08. The highest BCUT2D eigenvalue weighted by atomic mass is 19.1. The number of hydrogen-bond donors (Lipinski definition) is 1. The van der Waals surface area contributed by atoms with Crippen LogP contribution in [0.4, 0.5) is 10.1 Å². The van der Waals surface area contributed by atoms with E-state index < -0.39 is 11.4 Å². The lowest BCUT2D eigenvalue weighted by Gasteiger charge is -2.11. The van der Waals surface area contributed by atoms with E-state index in [0.29, 0.717) is 16.5 Å². The first-order valence-electron chi connectivity index (χ1n) is 8.73. The summed E-state index contributed by atoms with van der Waals surface area (Å²) in [7, 11) is 0. The van der Waals surface area contributed by atoms with Crippen molar-refractivity contribution in [3.63, 3.8) is 0 Å². The van der Waals surface area contributed by atoms with Gasteiger partial charge in [0.25, 0.3) is 11.4 Å². The van der Waals surface area contributed by atoms with E-state index >= 15 is 0 Å². The molecule has 8 heteroatoms. The van der Waals surface area contributed by atoms with E-state index in [9.17, 15) is 14.0 Å². The molecule has 4 aromatic rings. The molecule has 0 amide bonds. The number of nitrogens with zero attached hydrogens (tertiary/aromatic N) is 2. The second kappa shape index (κ2) is 7.23. The van der Waals surface area contributed by atoms with Crippen molar-refractivity contribution in [3.05, 3.63) is 92.6 Å². The number of halogens is 1. The maximum atomic E-state index is 13.7. The summed E-state index contributed by atoms with van der Waals surface area (Å²) in [6, 6.07) is 10.6. The first-order chi connectivity index (χ1) is 13.9. The molecular formula is C21H16FN3O4. The van der Waals surface area contributed by atoms with Crippen LogP contribution in [0.25, 0.3) is 11.0 Å². The van der Waals surface area contributed by atoms with Crippen LogP contribution >= 0.6 is 0 Å². The largest absolute Gasteiger partial charge is 0.436 e. The fourth-order valence-corrected chi connectivity index (χ4v) is 3.03. The molecule has 29 heavy (non-hydrogen) atoms. The summed E-state index contributed by atoms with van der Waals surface area (Å²) in [6.07, 6.45) is 2.97. The number of aryl methyl sites for hydroxylation is 1. The summed E-state index contributed by atoms with van der Waals surface area (Å²) in [4.78, 5) is 28.5. The van der Waals surface area contributed by atoms with E-state index in [4.69, 9.17) is 14.9 Å². The molecule has 0 aliphatic heterocycles. The predicted octanol–water partition coefficient (Wildman–Crippen LogP) is 3.22. The Kier molecular flexibility index (Phi) is 4.59. The van der Waals surface area contributed by atoms with E-state index in [1.165, 1.54) is 35.0 Å². The molecule has 0 radical (unpaired) electrons. The standard InChI is InChI=1S/C21H16FN3O4/c1-12-14-7-6-13(28-19-16(22)4-2-8-24-19)10-18(14)29-21(27)15(12)11-25-9-3-5-17(23)20(25)26/h2-10H,11,23H2,1H3. The molecule has 3 aromatic heterocycles. The third kappa shape index (κ3) is 3.47. The van der Waals surface area contributed by atoms with Gasteiger partial charge in [0.15, 0.2) is 5.82 Å². The lowest BCUT2D eigenvalue weighted by molar-refractivity contribution is 0.422. The van der Waals surface area contributed by atoms with Crippen LogP contribution < -0.4 is 21.7 Å². The molecule has 0 aliphatic rings. The Morgan fingerprint density at radius 2 is 2.03 bits per heavy atom. The average Bonchev–Trinajstić information content (AvgIpc) is 2.70. The minimum Gasteiger partial charge on any atom is -0.436 e. The fourth-order valence-electron chi connectivity index (χ4n) is 3.03. The fraction of sp³-hybridized carbons (Fsp3) is 0.0952. The number of nitrogen functional groups attached to an aromatic ring is 1. The van der Waals surface area contributed by atoms with Gasteiger partial charge in [-0.1, -0.05) is 0 Å². The van der Waals surface area contributed by atoms with E-state index in [2.05, 4.69) is 4.98 Å². The summed E-state index contributed by atoms with van der Waals surface area (Å²) < 4.78 is 26.0. The Hall–Kier alpha value is -3.94. The van der Waals surface area contributed by atoms with Gasteiger partial charge in [0, 0.05) is 23.8 Å². The quantitative estimate of drug-likeness (QED) is 0.535. The third-order valence-electron chi connectivity index (χ3n) is 4.58. The Morgan fingerprint density at radius 1 is 1.21 bits per heavy atom. The van der Waals surface area contributed by atoms with Crippen LogP contribution in [0, 0.1) is 12.7 Å². The van der Waals surface area contributed by atoms with Gasteiger partial charge in [-0.2, -0.15) is 0 Å². The Balaban J connectivity index is 1.74. The van der Waals surface area contributed by atoms with Crippen molar-refractivity contribution in [3.8, 4) is 11.6 Å². The number of aromatic nitrogens is 2. The van der Waals surface area contributed by atoms with Gasteiger partial charge in [-0.05, 0) is 48.9 Å². The van der Waals surface area contributed by atoms with Gasteiger partial charge in [0.05, 0.1) is 17.8 Å². The molecule has 0 saturated carbocycles. The smallest absolute Gasteiger partial charge is 0.341 e. The van der Waals surface area contributed by atoms with Gasteiger partial charge >= 0.3 is 5.63 Å². The van der Waals surface area contributed by atoms with Crippen LogP contribution in [0.15, 0.2) is 68.9 Å². The lowest BCUT2D eigenvalue weighted by Crippen LogP contribution is -2.25. The van der Waals surface area contributed by atoms with Crippen LogP contribution in [0.3, 0.4) is 0 Å². The number of fused-ring (bicyclic) bond motifs is 1. The van der Waals surface area contributed by atoms with Gasteiger partial charge in [0.1, 0.15) is 11.3 Å². The first kappa shape index (κ1) is 18.4. The van der Waals surface area contributed by atoms with E-state index in [-0.39, 0.29) is 35.0 Å². The highest BCUT2D eigenvalue weighted by Gasteiger charge is 2.14. The summed E-state index contributed by atoms with van der Waals surface area (Å²) in [5, 5.41) is 0.672. The maximum absolute atomic E-state index is 13.7. The molecule has 7 nitrogen and oxygen atoms in total. The van der Waals surface area contributed by atoms with E-state index in [1.807, 2.05) is 0 Å². The van der Waals surface area contributed by atoms with Crippen LogP contribution in [0.1, 0.15) is 11.1 Å². The molecule has 1 aromatic carbocycles. The van der Waals surface area contributed by atoms with Gasteiger partial charge in [-0.15, -0.1) is 0 Å². The highest BCUT2D eigenvalue weighted by Crippen LogP contribution is 2.27. The number of rotatable bonds is 4. The highest BCUT2D eigenvalue weighted by molar-refractivity contribution is 5.82. The molecule has 0 bridgehead atoms. The van der Waals surface area contributed by atoms with Crippen LogP contribution in [-0.4, -0.2) is 9.55 Å². The molecule has 0 atom stereocenters. The van der Waals surface area contributed by atoms with Crippen molar-refractivity contribution < 1.29 is 13.5 Å². The van der Waals surface area contributed by atoms with Crippen LogP contribution in [0.2, 0.25) is 0 Å². The summed E-state index contributed by atoms with van der Waals surface area (Å²) in [5.74, 6) is -0.505. The minimum absolute atomic E-state index is 0.0331.